The molecule has 26 heavy (non-hydrogen) atoms. The minimum Gasteiger partial charge on any atom is -0.326 e. The second-order valence-corrected chi connectivity index (χ2v) is 5.19. The van der Waals surface area contributed by atoms with Gasteiger partial charge in [0.15, 0.2) is 0 Å². The molecule has 0 fully saturated rings. The molecular weight excluding hydrogens is 344 g/mol. The quantitative estimate of drug-likeness (QED) is 0.599. The number of anilines is 2. The highest BCUT2D eigenvalue weighted by Crippen LogP contribution is 2.24. The number of amides is 2. The lowest BCUT2D eigenvalue weighted by molar-refractivity contribution is -0.394. The van der Waals surface area contributed by atoms with Gasteiger partial charge in [-0.05, 0) is 18.2 Å². The minimum atomic E-state index is -0.815. The van der Waals surface area contributed by atoms with Crippen LogP contribution < -0.4 is 10.6 Å². The van der Waals surface area contributed by atoms with Gasteiger partial charge in [-0.25, -0.2) is 0 Å². The van der Waals surface area contributed by atoms with E-state index in [0.717, 1.165) is 18.2 Å². The van der Waals surface area contributed by atoms with Gasteiger partial charge in [-0.3, -0.25) is 29.8 Å². The molecule has 2 amide bonds. The number of carbonyl (C=O) groups is 2. The molecule has 10 heteroatoms. The molecule has 2 aromatic carbocycles. The summed E-state index contributed by atoms with van der Waals surface area (Å²) in [7, 11) is 0. The molecule has 0 saturated carbocycles. The van der Waals surface area contributed by atoms with E-state index in [0.29, 0.717) is 11.4 Å². The van der Waals surface area contributed by atoms with Crippen LogP contribution in [-0.4, -0.2) is 21.7 Å². The van der Waals surface area contributed by atoms with Gasteiger partial charge in [0.2, 0.25) is 5.91 Å². The largest absolute Gasteiger partial charge is 0.326 e. The molecule has 0 aliphatic rings. The van der Waals surface area contributed by atoms with Crippen LogP contribution in [0.1, 0.15) is 23.7 Å². The number of nitro groups is 2. The Balaban J connectivity index is 2.27. The Kier molecular flexibility index (Phi) is 5.58. The van der Waals surface area contributed by atoms with Crippen LogP contribution in [0.25, 0.3) is 0 Å². The summed E-state index contributed by atoms with van der Waals surface area (Å²) < 4.78 is 0. The second kappa shape index (κ2) is 7.83. The first-order valence-corrected chi connectivity index (χ1v) is 7.45. The van der Waals surface area contributed by atoms with E-state index in [4.69, 9.17) is 0 Å². The monoisotopic (exact) mass is 358 g/mol. The van der Waals surface area contributed by atoms with Crippen LogP contribution in [0.4, 0.5) is 22.7 Å². The molecule has 0 saturated heterocycles. The van der Waals surface area contributed by atoms with Crippen molar-refractivity contribution in [1.82, 2.24) is 0 Å². The Morgan fingerprint density at radius 3 is 1.96 bits per heavy atom. The second-order valence-electron chi connectivity index (χ2n) is 5.19. The Bertz CT molecular complexity index is 864. The third-order valence-electron chi connectivity index (χ3n) is 3.31. The van der Waals surface area contributed by atoms with Crippen molar-refractivity contribution in [3.8, 4) is 0 Å². The van der Waals surface area contributed by atoms with E-state index in [-0.39, 0.29) is 17.9 Å². The number of nitrogens with one attached hydrogen (secondary N) is 2. The maximum Gasteiger partial charge on any atom is 0.277 e. The number of benzene rings is 2. The SMILES string of the molecule is CCC(=O)Nc1cccc(NC(=O)c2cc([N+](=O)[O-])cc([N+](=O)[O-])c2)c1. The van der Waals surface area contributed by atoms with Crippen molar-refractivity contribution < 1.29 is 19.4 Å². The van der Waals surface area contributed by atoms with Gasteiger partial charge in [0.1, 0.15) is 0 Å². The zero-order chi connectivity index (χ0) is 19.3. The van der Waals surface area contributed by atoms with E-state index in [9.17, 15) is 29.8 Å². The highest BCUT2D eigenvalue weighted by molar-refractivity contribution is 6.05. The third-order valence-corrected chi connectivity index (χ3v) is 3.31. The zero-order valence-electron chi connectivity index (χ0n) is 13.6. The van der Waals surface area contributed by atoms with Gasteiger partial charge in [-0.1, -0.05) is 13.0 Å². The first-order valence-electron chi connectivity index (χ1n) is 7.45. The first kappa shape index (κ1) is 18.5. The molecule has 134 valence electrons. The molecule has 0 aromatic heterocycles. The van der Waals surface area contributed by atoms with Gasteiger partial charge in [-0.15, -0.1) is 0 Å². The standard InChI is InChI=1S/C16H14N4O6/c1-2-15(21)17-11-4-3-5-12(8-11)18-16(22)10-6-13(19(23)24)9-14(7-10)20(25)26/h3-9H,2H2,1H3,(H,17,21)(H,18,22). The van der Waals surface area contributed by atoms with Crippen molar-refractivity contribution in [2.75, 3.05) is 10.6 Å². The maximum atomic E-state index is 12.3. The van der Waals surface area contributed by atoms with Crippen LogP contribution in [0.3, 0.4) is 0 Å². The number of hydrogen-bond donors (Lipinski definition) is 2. The average molecular weight is 358 g/mol. The molecule has 2 rings (SSSR count). The Hall–Kier alpha value is -3.82. The predicted molar refractivity (Wildman–Crippen MR) is 93.1 cm³/mol. The van der Waals surface area contributed by atoms with Crippen LogP contribution in [-0.2, 0) is 4.79 Å². The summed E-state index contributed by atoms with van der Waals surface area (Å²) in [6.45, 7) is 1.69. The highest BCUT2D eigenvalue weighted by atomic mass is 16.6. The summed E-state index contributed by atoms with van der Waals surface area (Å²) in [5.41, 5.74) is -0.576. The fraction of sp³-hybridized carbons (Fsp3) is 0.125. The first-order chi connectivity index (χ1) is 12.3. The van der Waals surface area contributed by atoms with Gasteiger partial charge in [0, 0.05) is 29.9 Å². The number of nitro benzene ring substituents is 2. The Morgan fingerprint density at radius 1 is 0.923 bits per heavy atom. The fourth-order valence-electron chi connectivity index (χ4n) is 2.06. The number of rotatable bonds is 6. The summed E-state index contributed by atoms with van der Waals surface area (Å²) in [4.78, 5) is 43.9. The molecule has 0 bridgehead atoms. The lowest BCUT2D eigenvalue weighted by Gasteiger charge is -2.08. The number of nitrogens with zero attached hydrogens (tertiary/aromatic N) is 2. The van der Waals surface area contributed by atoms with E-state index < -0.39 is 27.1 Å². The molecule has 10 nitrogen and oxygen atoms in total. The van der Waals surface area contributed by atoms with E-state index >= 15 is 0 Å². The van der Waals surface area contributed by atoms with Crippen molar-refractivity contribution in [1.29, 1.82) is 0 Å². The van der Waals surface area contributed by atoms with Gasteiger partial charge in [0.05, 0.1) is 21.5 Å². The molecule has 0 aliphatic carbocycles. The molecule has 2 N–H and O–H groups in total. The number of hydrogen-bond acceptors (Lipinski definition) is 6. The fourth-order valence-corrected chi connectivity index (χ4v) is 2.06. The molecule has 0 radical (unpaired) electrons. The molecule has 0 unspecified atom stereocenters. The van der Waals surface area contributed by atoms with E-state index in [1.54, 1.807) is 25.1 Å². The van der Waals surface area contributed by atoms with E-state index in [2.05, 4.69) is 10.6 Å². The van der Waals surface area contributed by atoms with Crippen LogP contribution in [0, 0.1) is 20.2 Å². The van der Waals surface area contributed by atoms with Crippen LogP contribution in [0.2, 0.25) is 0 Å². The minimum absolute atomic E-state index is 0.206. The summed E-state index contributed by atoms with van der Waals surface area (Å²) in [5, 5.41) is 26.9. The maximum absolute atomic E-state index is 12.3. The van der Waals surface area contributed by atoms with Crippen molar-refractivity contribution in [2.24, 2.45) is 0 Å². The highest BCUT2D eigenvalue weighted by Gasteiger charge is 2.20. The van der Waals surface area contributed by atoms with Crippen molar-refractivity contribution in [2.45, 2.75) is 13.3 Å². The van der Waals surface area contributed by atoms with Crippen molar-refractivity contribution >= 4 is 34.6 Å². The Morgan fingerprint density at radius 2 is 1.46 bits per heavy atom. The lowest BCUT2D eigenvalue weighted by Crippen LogP contribution is -2.13. The predicted octanol–water partition coefficient (Wildman–Crippen LogP) is 3.10. The van der Waals surface area contributed by atoms with Gasteiger partial charge < -0.3 is 10.6 Å². The molecule has 2 aromatic rings. The normalized spacial score (nSPS) is 10.0. The molecule has 0 heterocycles. The van der Waals surface area contributed by atoms with Gasteiger partial charge >= 0.3 is 0 Å². The van der Waals surface area contributed by atoms with Gasteiger partial charge in [-0.2, -0.15) is 0 Å². The Labute approximate surface area is 147 Å². The van der Waals surface area contributed by atoms with Gasteiger partial charge in [0.25, 0.3) is 17.3 Å². The summed E-state index contributed by atoms with van der Waals surface area (Å²) in [6.07, 6.45) is 0.286. The van der Waals surface area contributed by atoms with E-state index in [1.807, 2.05) is 0 Å². The zero-order valence-corrected chi connectivity index (χ0v) is 13.6. The number of non-ortho nitro benzene ring substituents is 2. The number of carbonyl (C=O) groups excluding carboxylic acids is 2. The lowest BCUT2D eigenvalue weighted by atomic mass is 10.1. The molecule has 0 aliphatic heterocycles. The molecule has 0 atom stereocenters. The van der Waals surface area contributed by atoms with Crippen molar-refractivity contribution in [3.63, 3.8) is 0 Å². The smallest absolute Gasteiger partial charge is 0.277 e. The summed E-state index contributed by atoms with van der Waals surface area (Å²) in [6, 6.07) is 8.94. The van der Waals surface area contributed by atoms with Crippen LogP contribution >= 0.6 is 0 Å². The average Bonchev–Trinajstić information content (AvgIpc) is 2.61. The van der Waals surface area contributed by atoms with Crippen LogP contribution in [0.5, 0.6) is 0 Å². The summed E-state index contributed by atoms with van der Waals surface area (Å²) in [5.74, 6) is -0.960. The third kappa shape index (κ3) is 4.60. The van der Waals surface area contributed by atoms with Crippen molar-refractivity contribution in [3.05, 3.63) is 68.3 Å². The van der Waals surface area contributed by atoms with Crippen LogP contribution in [0.15, 0.2) is 42.5 Å². The molecule has 0 spiro atoms. The van der Waals surface area contributed by atoms with E-state index in [1.165, 1.54) is 6.07 Å². The summed E-state index contributed by atoms with van der Waals surface area (Å²) >= 11 is 0. The topological polar surface area (TPSA) is 144 Å². The molecular formula is C16H14N4O6.